The molecule has 0 aromatic heterocycles. The van der Waals surface area contributed by atoms with Gasteiger partial charge in [-0.05, 0) is 0 Å². The molecule has 0 saturated heterocycles. The summed E-state index contributed by atoms with van der Waals surface area (Å²) in [6, 6.07) is 0. The van der Waals surface area contributed by atoms with Crippen LogP contribution in [-0.4, -0.2) is 18.4 Å². The highest BCUT2D eigenvalue weighted by Gasteiger charge is 2.07. The van der Waals surface area contributed by atoms with E-state index in [2.05, 4.69) is 10.7 Å². The second-order valence-corrected chi connectivity index (χ2v) is 1.93. The second-order valence-electron chi connectivity index (χ2n) is 1.93. The van der Waals surface area contributed by atoms with Crippen LogP contribution in [0.2, 0.25) is 0 Å². The summed E-state index contributed by atoms with van der Waals surface area (Å²) in [6.45, 7) is 1.63. The van der Waals surface area contributed by atoms with Gasteiger partial charge >= 0.3 is 5.97 Å². The van der Waals surface area contributed by atoms with Crippen molar-refractivity contribution in [3.8, 4) is 12.3 Å². The molecule has 0 rings (SSSR count). The Hall–Kier alpha value is -1.30. The van der Waals surface area contributed by atoms with Crippen molar-refractivity contribution >= 4 is 11.8 Å². The number of Topliss-reactive ketones (excluding diaryl/α,β-unsaturated/α-hetero) is 1. The van der Waals surface area contributed by atoms with Gasteiger partial charge in [-0.15, -0.1) is 6.42 Å². The van der Waals surface area contributed by atoms with Gasteiger partial charge in [-0.2, -0.15) is 0 Å². The van der Waals surface area contributed by atoms with Crippen LogP contribution in [0.4, 0.5) is 0 Å². The number of rotatable bonds is 4. The number of carbonyl (C=O) groups is 2. The lowest BCUT2D eigenvalue weighted by atomic mass is 10.2. The van der Waals surface area contributed by atoms with Crippen LogP contribution in [0, 0.1) is 12.3 Å². The Bertz CT molecular complexity index is 188. The molecule has 0 heterocycles. The van der Waals surface area contributed by atoms with E-state index in [1.54, 1.807) is 6.92 Å². The fourth-order valence-corrected chi connectivity index (χ4v) is 0.459. The molecule has 0 aromatic carbocycles. The molecule has 0 aromatic rings. The molecule has 0 unspecified atom stereocenters. The van der Waals surface area contributed by atoms with Crippen LogP contribution in [0.1, 0.15) is 19.8 Å². The zero-order valence-corrected chi connectivity index (χ0v) is 6.42. The first-order valence-corrected chi connectivity index (χ1v) is 3.31. The normalized spacial score (nSPS) is 8.36. The molecule has 11 heavy (non-hydrogen) atoms. The van der Waals surface area contributed by atoms with Crippen LogP contribution in [0.5, 0.6) is 0 Å². The van der Waals surface area contributed by atoms with E-state index in [9.17, 15) is 9.59 Å². The van der Waals surface area contributed by atoms with Gasteiger partial charge in [0.05, 0.1) is 0 Å². The Balaban J connectivity index is 3.54. The molecule has 0 aliphatic carbocycles. The van der Waals surface area contributed by atoms with Gasteiger partial charge in [0.2, 0.25) is 0 Å². The summed E-state index contributed by atoms with van der Waals surface area (Å²) in [5, 5.41) is 0. The molecular weight excluding hydrogens is 144 g/mol. The molecule has 0 saturated carbocycles. The van der Waals surface area contributed by atoms with E-state index < -0.39 is 5.97 Å². The molecule has 0 aliphatic rings. The quantitative estimate of drug-likeness (QED) is 0.337. The fraction of sp³-hybridized carbons (Fsp3) is 0.500. The highest BCUT2D eigenvalue weighted by Crippen LogP contribution is 1.91. The topological polar surface area (TPSA) is 43.4 Å². The zero-order chi connectivity index (χ0) is 8.69. The molecule has 0 atom stereocenters. The third-order valence-corrected chi connectivity index (χ3v) is 1.05. The molecule has 0 bridgehead atoms. The van der Waals surface area contributed by atoms with Crippen LogP contribution in [0.3, 0.4) is 0 Å². The number of ether oxygens (including phenoxy) is 1. The van der Waals surface area contributed by atoms with Crippen LogP contribution in [0.15, 0.2) is 0 Å². The molecular formula is C8H10O3. The number of carbonyl (C=O) groups excluding carboxylic acids is 2. The van der Waals surface area contributed by atoms with Crippen LogP contribution in [0.25, 0.3) is 0 Å². The van der Waals surface area contributed by atoms with Gasteiger partial charge in [-0.3, -0.25) is 9.59 Å². The van der Waals surface area contributed by atoms with Gasteiger partial charge < -0.3 is 4.74 Å². The minimum atomic E-state index is -0.546. The van der Waals surface area contributed by atoms with Crippen LogP contribution >= 0.6 is 0 Å². The van der Waals surface area contributed by atoms with Crippen molar-refractivity contribution in [2.45, 2.75) is 19.8 Å². The molecule has 3 heteroatoms. The Morgan fingerprint density at radius 1 is 1.55 bits per heavy atom. The standard InChI is InChI=1S/C8H10O3/c1-3-5-11-8(10)6-7(9)4-2/h1H,4-6H2,2H3. The molecule has 0 fully saturated rings. The van der Waals surface area contributed by atoms with Crippen molar-refractivity contribution < 1.29 is 14.3 Å². The maximum absolute atomic E-state index is 10.6. The third-order valence-electron chi connectivity index (χ3n) is 1.05. The number of ketones is 1. The van der Waals surface area contributed by atoms with E-state index >= 15 is 0 Å². The van der Waals surface area contributed by atoms with Gasteiger partial charge in [0, 0.05) is 6.42 Å². The summed E-state index contributed by atoms with van der Waals surface area (Å²) in [4.78, 5) is 21.3. The first-order valence-electron chi connectivity index (χ1n) is 3.31. The first-order chi connectivity index (χ1) is 5.20. The molecule has 0 N–H and O–H groups in total. The van der Waals surface area contributed by atoms with Crippen molar-refractivity contribution in [3.05, 3.63) is 0 Å². The lowest BCUT2D eigenvalue weighted by Crippen LogP contribution is -2.10. The van der Waals surface area contributed by atoms with Gasteiger partial charge in [0.25, 0.3) is 0 Å². The molecule has 0 spiro atoms. The van der Waals surface area contributed by atoms with E-state index in [-0.39, 0.29) is 18.8 Å². The molecule has 60 valence electrons. The highest BCUT2D eigenvalue weighted by atomic mass is 16.5. The fourth-order valence-electron chi connectivity index (χ4n) is 0.459. The Labute approximate surface area is 65.7 Å². The van der Waals surface area contributed by atoms with E-state index in [4.69, 9.17) is 6.42 Å². The lowest BCUT2D eigenvalue weighted by Gasteiger charge is -1.97. The van der Waals surface area contributed by atoms with Gasteiger partial charge in [0.15, 0.2) is 6.61 Å². The average Bonchev–Trinajstić information content (AvgIpc) is 2.00. The summed E-state index contributed by atoms with van der Waals surface area (Å²) >= 11 is 0. The Morgan fingerprint density at radius 3 is 2.64 bits per heavy atom. The van der Waals surface area contributed by atoms with E-state index in [1.807, 2.05) is 0 Å². The molecule has 0 amide bonds. The minimum Gasteiger partial charge on any atom is -0.452 e. The predicted molar refractivity (Wildman–Crippen MR) is 39.7 cm³/mol. The maximum Gasteiger partial charge on any atom is 0.314 e. The van der Waals surface area contributed by atoms with Gasteiger partial charge in [-0.1, -0.05) is 12.8 Å². The average molecular weight is 154 g/mol. The van der Waals surface area contributed by atoms with Crippen LogP contribution < -0.4 is 0 Å². The number of esters is 1. The van der Waals surface area contributed by atoms with Crippen molar-refractivity contribution in [3.63, 3.8) is 0 Å². The lowest BCUT2D eigenvalue weighted by molar-refractivity contribution is -0.144. The van der Waals surface area contributed by atoms with E-state index in [1.165, 1.54) is 0 Å². The summed E-state index contributed by atoms with van der Waals surface area (Å²) < 4.78 is 4.47. The predicted octanol–water partition coefficient (Wildman–Crippen LogP) is 0.532. The van der Waals surface area contributed by atoms with Crippen LogP contribution in [-0.2, 0) is 14.3 Å². The minimum absolute atomic E-state index is 0.0597. The summed E-state index contributed by atoms with van der Waals surface area (Å²) in [6.07, 6.45) is 5.01. The Kier molecular flexibility index (Phi) is 4.83. The summed E-state index contributed by atoms with van der Waals surface area (Å²) in [5.74, 6) is 1.46. The largest absolute Gasteiger partial charge is 0.452 e. The SMILES string of the molecule is C#CCOC(=O)CC(=O)CC. The number of hydrogen-bond donors (Lipinski definition) is 0. The van der Waals surface area contributed by atoms with Gasteiger partial charge in [0.1, 0.15) is 12.2 Å². The van der Waals surface area contributed by atoms with E-state index in [0.29, 0.717) is 6.42 Å². The van der Waals surface area contributed by atoms with Crippen molar-refractivity contribution in [2.75, 3.05) is 6.61 Å². The number of hydrogen-bond acceptors (Lipinski definition) is 3. The van der Waals surface area contributed by atoms with Crippen molar-refractivity contribution in [1.29, 1.82) is 0 Å². The monoisotopic (exact) mass is 154 g/mol. The molecule has 0 radical (unpaired) electrons. The van der Waals surface area contributed by atoms with E-state index in [0.717, 1.165) is 0 Å². The van der Waals surface area contributed by atoms with Gasteiger partial charge in [-0.25, -0.2) is 0 Å². The first kappa shape index (κ1) is 9.70. The third kappa shape index (κ3) is 5.16. The molecule has 0 aliphatic heterocycles. The summed E-state index contributed by atoms with van der Waals surface area (Å²) in [5.41, 5.74) is 0. The van der Waals surface area contributed by atoms with Crippen molar-refractivity contribution in [2.24, 2.45) is 0 Å². The highest BCUT2D eigenvalue weighted by molar-refractivity contribution is 5.95. The maximum atomic E-state index is 10.6. The molecule has 3 nitrogen and oxygen atoms in total. The Morgan fingerprint density at radius 2 is 2.18 bits per heavy atom. The second kappa shape index (κ2) is 5.48. The van der Waals surface area contributed by atoms with Crippen molar-refractivity contribution in [1.82, 2.24) is 0 Å². The smallest absolute Gasteiger partial charge is 0.314 e. The zero-order valence-electron chi connectivity index (χ0n) is 6.42. The number of terminal acetylenes is 1. The summed E-state index contributed by atoms with van der Waals surface area (Å²) in [7, 11) is 0.